The molecule has 0 aromatic carbocycles. The number of piperidine rings is 1. The van der Waals surface area contributed by atoms with Crippen molar-refractivity contribution in [2.75, 3.05) is 13.1 Å². The molecule has 0 saturated carbocycles. The average Bonchev–Trinajstić information content (AvgIpc) is 2.93. The summed E-state index contributed by atoms with van der Waals surface area (Å²) in [6.07, 6.45) is 3.40. The summed E-state index contributed by atoms with van der Waals surface area (Å²) in [4.78, 5) is 22.8. The van der Waals surface area contributed by atoms with Crippen molar-refractivity contribution >= 4 is 43.7 Å². The first-order valence-electron chi connectivity index (χ1n) is 8.42. The molecule has 1 aliphatic heterocycles. The van der Waals surface area contributed by atoms with Crippen LogP contribution in [0.15, 0.2) is 16.7 Å². The van der Waals surface area contributed by atoms with E-state index < -0.39 is 5.60 Å². The first-order valence-corrected chi connectivity index (χ1v) is 10.0. The van der Waals surface area contributed by atoms with Gasteiger partial charge in [-0.15, -0.1) is 11.3 Å². The van der Waals surface area contributed by atoms with E-state index in [0.717, 1.165) is 52.3 Å². The molecule has 1 fully saturated rings. The van der Waals surface area contributed by atoms with Crippen molar-refractivity contribution in [3.8, 4) is 0 Å². The van der Waals surface area contributed by atoms with E-state index >= 15 is 0 Å². The zero-order chi connectivity index (χ0) is 18.0. The molecule has 2 aromatic heterocycles. The van der Waals surface area contributed by atoms with Crippen LogP contribution in [0.5, 0.6) is 0 Å². The van der Waals surface area contributed by atoms with Crippen molar-refractivity contribution < 1.29 is 9.53 Å². The summed E-state index contributed by atoms with van der Waals surface area (Å²) < 4.78 is 7.49. The van der Waals surface area contributed by atoms with Gasteiger partial charge in [0.1, 0.15) is 10.6 Å². The van der Waals surface area contributed by atoms with Crippen LogP contribution in [0.4, 0.5) is 4.79 Å². The molecule has 2 aromatic rings. The molecule has 1 N–H and O–H groups in total. The van der Waals surface area contributed by atoms with Gasteiger partial charge in [0, 0.05) is 36.3 Å². The van der Waals surface area contributed by atoms with E-state index in [0.29, 0.717) is 6.04 Å². The lowest BCUT2D eigenvalue weighted by Crippen LogP contribution is -2.46. The van der Waals surface area contributed by atoms with E-state index in [1.165, 1.54) is 0 Å². The predicted molar refractivity (Wildman–Crippen MR) is 103 cm³/mol. The molecule has 136 valence electrons. The van der Waals surface area contributed by atoms with Crippen molar-refractivity contribution in [1.82, 2.24) is 20.2 Å². The number of fused-ring (bicyclic) bond motifs is 1. The number of hydrogen-bond donors (Lipinski definition) is 1. The Kier molecular flexibility index (Phi) is 5.60. The number of carbonyl (C=O) groups excluding carboxylic acids is 1. The number of likely N-dealkylation sites (tertiary alicyclic amines) is 1. The normalized spacial score (nSPS) is 16.4. The topological polar surface area (TPSA) is 67.3 Å². The van der Waals surface area contributed by atoms with Gasteiger partial charge in [-0.2, -0.15) is 0 Å². The SMILES string of the molecule is CC(C)(C)OC(=O)N1CCC(NCc2nc3ncc(Br)cc3s2)CC1. The van der Waals surface area contributed by atoms with Gasteiger partial charge in [-0.1, -0.05) is 0 Å². The number of nitrogens with zero attached hydrogens (tertiary/aromatic N) is 3. The molecule has 6 nitrogen and oxygen atoms in total. The first-order chi connectivity index (χ1) is 11.8. The molecule has 0 atom stereocenters. The molecule has 3 heterocycles. The van der Waals surface area contributed by atoms with Crippen LogP contribution in [-0.4, -0.2) is 45.7 Å². The summed E-state index contributed by atoms with van der Waals surface area (Å²) in [6.45, 7) is 7.86. The number of nitrogens with one attached hydrogen (secondary N) is 1. The number of halogens is 1. The maximum Gasteiger partial charge on any atom is 0.410 e. The Morgan fingerprint density at radius 3 is 2.84 bits per heavy atom. The number of aromatic nitrogens is 2. The Balaban J connectivity index is 1.48. The molecule has 1 aliphatic rings. The minimum absolute atomic E-state index is 0.214. The number of carbonyl (C=O) groups is 1. The lowest BCUT2D eigenvalue weighted by Gasteiger charge is -2.33. The van der Waals surface area contributed by atoms with Gasteiger partial charge < -0.3 is 15.0 Å². The van der Waals surface area contributed by atoms with Crippen LogP contribution in [0, 0.1) is 0 Å². The van der Waals surface area contributed by atoms with E-state index in [2.05, 4.69) is 31.2 Å². The number of rotatable bonds is 3. The molecule has 3 rings (SSSR count). The smallest absolute Gasteiger partial charge is 0.410 e. The minimum Gasteiger partial charge on any atom is -0.444 e. The van der Waals surface area contributed by atoms with Crippen LogP contribution in [0.25, 0.3) is 10.3 Å². The molecule has 0 unspecified atom stereocenters. The van der Waals surface area contributed by atoms with Crippen LogP contribution in [0.2, 0.25) is 0 Å². The van der Waals surface area contributed by atoms with Crippen LogP contribution in [-0.2, 0) is 11.3 Å². The largest absolute Gasteiger partial charge is 0.444 e. The number of amides is 1. The van der Waals surface area contributed by atoms with Crippen LogP contribution in [0.3, 0.4) is 0 Å². The number of hydrogen-bond acceptors (Lipinski definition) is 6. The highest BCUT2D eigenvalue weighted by Gasteiger charge is 2.26. The molecule has 1 saturated heterocycles. The molecule has 8 heteroatoms. The Hall–Kier alpha value is -1.25. The fraction of sp³-hybridized carbons (Fsp3) is 0.588. The third-order valence-corrected chi connectivity index (χ3v) is 5.37. The molecule has 0 radical (unpaired) electrons. The van der Waals surface area contributed by atoms with E-state index in [-0.39, 0.29) is 6.09 Å². The van der Waals surface area contributed by atoms with Crippen LogP contribution in [0.1, 0.15) is 38.6 Å². The standard InChI is InChI=1S/C17H23BrN4O2S/c1-17(2,3)24-16(23)22-6-4-12(5-7-22)19-10-14-21-15-13(25-14)8-11(18)9-20-15/h8-9,12,19H,4-7,10H2,1-3H3. The van der Waals surface area contributed by atoms with Gasteiger partial charge in [-0.05, 0) is 55.6 Å². The zero-order valence-electron chi connectivity index (χ0n) is 14.7. The molecular formula is C17H23BrN4O2S. The van der Waals surface area contributed by atoms with Gasteiger partial charge in [0.05, 0.1) is 4.70 Å². The van der Waals surface area contributed by atoms with Gasteiger partial charge in [0.25, 0.3) is 0 Å². The van der Waals surface area contributed by atoms with E-state index in [1.807, 2.05) is 26.8 Å². The van der Waals surface area contributed by atoms with Crippen LogP contribution >= 0.6 is 27.3 Å². The summed E-state index contributed by atoms with van der Waals surface area (Å²) in [6, 6.07) is 2.44. The van der Waals surface area contributed by atoms with E-state index in [4.69, 9.17) is 4.74 Å². The van der Waals surface area contributed by atoms with Crippen molar-refractivity contribution in [1.29, 1.82) is 0 Å². The first kappa shape index (κ1) is 18.5. The summed E-state index contributed by atoms with van der Waals surface area (Å²) >= 11 is 5.10. The third-order valence-electron chi connectivity index (χ3n) is 3.95. The van der Waals surface area contributed by atoms with Crippen molar-refractivity contribution in [3.63, 3.8) is 0 Å². The van der Waals surface area contributed by atoms with Crippen molar-refractivity contribution in [2.45, 2.75) is 51.8 Å². The highest BCUT2D eigenvalue weighted by atomic mass is 79.9. The fourth-order valence-electron chi connectivity index (χ4n) is 2.74. The highest BCUT2D eigenvalue weighted by molar-refractivity contribution is 9.10. The molecule has 0 spiro atoms. The second-order valence-electron chi connectivity index (χ2n) is 7.21. The molecule has 0 aliphatic carbocycles. The van der Waals surface area contributed by atoms with E-state index in [1.54, 1.807) is 22.4 Å². The zero-order valence-corrected chi connectivity index (χ0v) is 17.1. The molecule has 1 amide bonds. The summed E-state index contributed by atoms with van der Waals surface area (Å²) in [5.74, 6) is 0. The highest BCUT2D eigenvalue weighted by Crippen LogP contribution is 2.24. The minimum atomic E-state index is -0.442. The monoisotopic (exact) mass is 426 g/mol. The lowest BCUT2D eigenvalue weighted by molar-refractivity contribution is 0.0198. The maximum absolute atomic E-state index is 12.1. The van der Waals surface area contributed by atoms with Gasteiger partial charge in [-0.25, -0.2) is 14.8 Å². The molecular weight excluding hydrogens is 404 g/mol. The number of thiazole rings is 1. The number of ether oxygens (including phenoxy) is 1. The van der Waals surface area contributed by atoms with Gasteiger partial charge in [0.2, 0.25) is 0 Å². The fourth-order valence-corrected chi connectivity index (χ4v) is 4.14. The van der Waals surface area contributed by atoms with Gasteiger partial charge >= 0.3 is 6.09 Å². The average molecular weight is 427 g/mol. The Morgan fingerprint density at radius 1 is 1.44 bits per heavy atom. The Labute approximate surface area is 160 Å². The van der Waals surface area contributed by atoms with Crippen molar-refractivity contribution in [2.24, 2.45) is 0 Å². The molecule has 25 heavy (non-hydrogen) atoms. The maximum atomic E-state index is 12.1. The molecule has 0 bridgehead atoms. The lowest BCUT2D eigenvalue weighted by atomic mass is 10.1. The Morgan fingerprint density at radius 2 is 2.16 bits per heavy atom. The van der Waals surface area contributed by atoms with Gasteiger partial charge in [0.15, 0.2) is 5.65 Å². The van der Waals surface area contributed by atoms with Crippen LogP contribution < -0.4 is 5.32 Å². The summed E-state index contributed by atoms with van der Waals surface area (Å²) in [5, 5.41) is 4.59. The second-order valence-corrected chi connectivity index (χ2v) is 9.24. The predicted octanol–water partition coefficient (Wildman–Crippen LogP) is 3.94. The summed E-state index contributed by atoms with van der Waals surface area (Å²) in [5.41, 5.74) is 0.354. The van der Waals surface area contributed by atoms with E-state index in [9.17, 15) is 4.79 Å². The second kappa shape index (κ2) is 7.55. The quantitative estimate of drug-likeness (QED) is 0.804. The Bertz CT molecular complexity index is 751. The van der Waals surface area contributed by atoms with Crippen molar-refractivity contribution in [3.05, 3.63) is 21.7 Å². The number of pyridine rings is 1. The summed E-state index contributed by atoms with van der Waals surface area (Å²) in [7, 11) is 0. The third kappa shape index (κ3) is 5.12. The van der Waals surface area contributed by atoms with Gasteiger partial charge in [-0.3, -0.25) is 0 Å².